The van der Waals surface area contributed by atoms with E-state index < -0.39 is 73.1 Å². The minimum Gasteiger partial charge on any atom is -0.369 e. The van der Waals surface area contributed by atoms with Gasteiger partial charge in [0.05, 0.1) is 36.6 Å². The van der Waals surface area contributed by atoms with Crippen LogP contribution in [0.2, 0.25) is 0 Å². The van der Waals surface area contributed by atoms with Crippen LogP contribution in [-0.2, 0) is 25.4 Å². The molecule has 0 spiro atoms. The Balaban J connectivity index is 0.898. The average Bonchev–Trinajstić information content (AvgIpc) is 1.61. The van der Waals surface area contributed by atoms with Crippen LogP contribution >= 0.6 is 0 Å². The number of rotatable bonds is 15. The van der Waals surface area contributed by atoms with E-state index in [2.05, 4.69) is 51.1 Å². The first-order chi connectivity index (χ1) is 42.3. The summed E-state index contributed by atoms with van der Waals surface area (Å²) >= 11 is 0. The summed E-state index contributed by atoms with van der Waals surface area (Å²) in [5.74, 6) is -7.42. The standard InChI is InChI=1S/C60H57F10N17O2/c1-35-5-6-37(53(88)76-42-20-36(29-83-11-3-4-12-83)19-40(23-42)59(65,66)67)21-45(35)78-52-50-48(28-72-56(81-50)86-14-10-58(63,64)32-86)87(34-75-52)30-39-8-7-38(54(89)77-43-24-41(60(68,69)70)25-44(26-43)84-17-15-82(2)16-18-84)22-46(39)79-51-49-47(73-33-74-51)27-71-55(80-49)85-13-9-57(61,62)31-85/h5-8,19-28,33-34H,3-4,9-18,29-32H2,1-2H3,(H3,73,74,76,77,79,88,89)/p+1. The fraction of sp³-hybridized carbons (Fsp3) is 0.367. The zero-order chi connectivity index (χ0) is 62.6. The molecule has 2 amide bonds. The Morgan fingerprint density at radius 3 is 1.83 bits per heavy atom. The number of nitrogens with zero attached hydrogens (tertiary/aromatic N) is 13. The predicted octanol–water partition coefficient (Wildman–Crippen LogP) is 10.5. The van der Waals surface area contributed by atoms with E-state index >= 15 is 0 Å². The number of hydrogen-bond acceptors (Lipinski definition) is 16. The summed E-state index contributed by atoms with van der Waals surface area (Å²) in [6.45, 7) is 4.12. The van der Waals surface area contributed by atoms with Gasteiger partial charge in [0.2, 0.25) is 11.9 Å². The molecule has 0 aliphatic carbocycles. The van der Waals surface area contributed by atoms with Crippen molar-refractivity contribution < 1.29 is 58.1 Å². The normalized spacial score (nSPS) is 17.2. The van der Waals surface area contributed by atoms with Gasteiger partial charge in [-0.05, 0) is 117 Å². The van der Waals surface area contributed by atoms with Crippen LogP contribution in [0, 0.1) is 6.92 Å². The van der Waals surface area contributed by atoms with Gasteiger partial charge in [0.1, 0.15) is 23.9 Å². The van der Waals surface area contributed by atoms with Gasteiger partial charge in [-0.15, -0.1) is 0 Å². The second kappa shape index (κ2) is 23.8. The van der Waals surface area contributed by atoms with E-state index in [-0.39, 0.29) is 100 Å². The molecule has 0 radical (unpaired) electrons. The largest absolute Gasteiger partial charge is 0.416 e. The molecule has 0 atom stereocenters. The van der Waals surface area contributed by atoms with Crippen molar-refractivity contribution in [3.05, 3.63) is 137 Å². The number of alkyl halides is 10. The Hall–Kier alpha value is -9.12. The number of likely N-dealkylation sites (tertiary alicyclic amines) is 1. The predicted molar refractivity (Wildman–Crippen MR) is 313 cm³/mol. The number of nitrogens with one attached hydrogen (secondary N) is 4. The molecule has 464 valence electrons. The molecule has 0 saturated carbocycles. The Bertz CT molecular complexity index is 4030. The maximum absolute atomic E-state index is 14.7. The number of anilines is 9. The van der Waals surface area contributed by atoms with E-state index in [1.807, 2.05) is 16.8 Å². The fourth-order valence-corrected chi connectivity index (χ4v) is 11.3. The number of likely N-dealkylation sites (N-methyl/N-ethyl adjacent to an activating group) is 1. The lowest BCUT2D eigenvalue weighted by Crippen LogP contribution is -2.44. The lowest BCUT2D eigenvalue weighted by molar-refractivity contribution is -0.665. The number of benzene rings is 4. The van der Waals surface area contributed by atoms with Crippen LogP contribution in [-0.4, -0.2) is 141 Å². The van der Waals surface area contributed by atoms with Crippen molar-refractivity contribution in [3.63, 3.8) is 0 Å². The van der Waals surface area contributed by atoms with Gasteiger partial charge in [0.15, 0.2) is 16.9 Å². The molecule has 4 aromatic heterocycles. The molecule has 8 aromatic rings. The minimum atomic E-state index is -4.75. The summed E-state index contributed by atoms with van der Waals surface area (Å²) in [5.41, 5.74) is 0.994. The molecule has 19 nitrogen and oxygen atoms in total. The van der Waals surface area contributed by atoms with Crippen LogP contribution in [0.5, 0.6) is 0 Å². The lowest BCUT2D eigenvalue weighted by atomic mass is 10.1. The highest BCUT2D eigenvalue weighted by atomic mass is 19.4. The summed E-state index contributed by atoms with van der Waals surface area (Å²) in [4.78, 5) is 68.5. The molecule has 29 heteroatoms. The zero-order valence-corrected chi connectivity index (χ0v) is 48.0. The third-order valence-electron chi connectivity index (χ3n) is 16.2. The molecule has 0 unspecified atom stereocenters. The van der Waals surface area contributed by atoms with Crippen LogP contribution in [0.3, 0.4) is 0 Å². The Kier molecular flexibility index (Phi) is 16.1. The van der Waals surface area contributed by atoms with Gasteiger partial charge >= 0.3 is 12.4 Å². The van der Waals surface area contributed by atoms with Crippen LogP contribution < -0.4 is 40.5 Å². The third kappa shape index (κ3) is 13.6. The number of halogens is 10. The summed E-state index contributed by atoms with van der Waals surface area (Å²) in [7, 11) is 1.91. The molecule has 8 heterocycles. The van der Waals surface area contributed by atoms with E-state index in [0.717, 1.165) is 50.2 Å². The van der Waals surface area contributed by atoms with Gasteiger partial charge in [-0.3, -0.25) is 14.5 Å². The first kappa shape index (κ1) is 60.2. The van der Waals surface area contributed by atoms with Crippen molar-refractivity contribution in [1.82, 2.24) is 44.7 Å². The summed E-state index contributed by atoms with van der Waals surface area (Å²) in [5, 5.41) is 11.8. The van der Waals surface area contributed by atoms with Crippen molar-refractivity contribution in [3.8, 4) is 0 Å². The highest BCUT2D eigenvalue weighted by Gasteiger charge is 2.41. The molecule has 4 saturated heterocycles. The van der Waals surface area contributed by atoms with Crippen LogP contribution in [0.1, 0.15) is 74.2 Å². The van der Waals surface area contributed by atoms with E-state index in [4.69, 9.17) is 9.97 Å². The molecule has 4 fully saturated rings. The summed E-state index contributed by atoms with van der Waals surface area (Å²) < 4.78 is 146. The second-order valence-corrected chi connectivity index (χ2v) is 22.8. The number of fused-ring (bicyclic) bond motifs is 2. The minimum absolute atomic E-state index is 0.0150. The smallest absolute Gasteiger partial charge is 0.369 e. The van der Waals surface area contributed by atoms with Crippen molar-refractivity contribution in [2.75, 3.05) is 108 Å². The molecule has 12 rings (SSSR count). The number of aromatic nitrogens is 8. The SMILES string of the molecule is Cc1ccc(C(=O)Nc2cc(CN3CCCC3)cc(C(F)(F)F)c2)cc1Nc1nc[n+](Cc2ccc(C(=O)Nc3cc(N4CCN(C)CC4)cc(C(F)(F)F)c3)cc2Nc2ncnc3cnc(N4CCC(F)(F)C4)nc23)c2cnc(N3CCC(F)(F)C3)nc12. The molecule has 4 aliphatic heterocycles. The highest BCUT2D eigenvalue weighted by molar-refractivity contribution is 6.06. The molecule has 4 N–H and O–H groups in total. The molecule has 4 aliphatic rings. The zero-order valence-electron chi connectivity index (χ0n) is 48.0. The van der Waals surface area contributed by atoms with Crippen molar-refractivity contribution in [2.45, 2.75) is 69.9 Å². The molecule has 0 bridgehead atoms. The third-order valence-corrected chi connectivity index (χ3v) is 16.2. The number of carbonyl (C=O) groups is 2. The van der Waals surface area contributed by atoms with Crippen molar-refractivity contribution in [2.24, 2.45) is 0 Å². The Morgan fingerprint density at radius 1 is 0.607 bits per heavy atom. The Morgan fingerprint density at radius 2 is 1.19 bits per heavy atom. The van der Waals surface area contributed by atoms with Crippen LogP contribution in [0.15, 0.2) is 97.8 Å². The number of piperazine rings is 1. The van der Waals surface area contributed by atoms with Crippen molar-refractivity contribution in [1.29, 1.82) is 0 Å². The number of hydrogen-bond donors (Lipinski definition) is 4. The van der Waals surface area contributed by atoms with Gasteiger partial charge in [0, 0.05) is 104 Å². The fourth-order valence-electron chi connectivity index (χ4n) is 11.3. The van der Waals surface area contributed by atoms with Gasteiger partial charge in [-0.1, -0.05) is 12.1 Å². The first-order valence-corrected chi connectivity index (χ1v) is 28.6. The molecule has 89 heavy (non-hydrogen) atoms. The van der Waals surface area contributed by atoms with E-state index in [1.165, 1.54) is 71.2 Å². The number of carbonyl (C=O) groups excluding carboxylic acids is 2. The van der Waals surface area contributed by atoms with Gasteiger partial charge in [0.25, 0.3) is 35.8 Å². The molecular formula is C60H58F10N17O2+. The summed E-state index contributed by atoms with van der Waals surface area (Å²) in [6.07, 6.45) is -3.02. The highest BCUT2D eigenvalue weighted by Crippen LogP contribution is 2.38. The maximum Gasteiger partial charge on any atom is 0.416 e. The molecular weight excluding hydrogens is 1180 g/mol. The number of amides is 2. The van der Waals surface area contributed by atoms with Gasteiger partial charge < -0.3 is 40.9 Å². The second-order valence-electron chi connectivity index (χ2n) is 22.8. The monoisotopic (exact) mass is 1240 g/mol. The van der Waals surface area contributed by atoms with Crippen LogP contribution in [0.4, 0.5) is 95.9 Å². The average molecular weight is 1240 g/mol. The lowest BCUT2D eigenvalue weighted by Gasteiger charge is -2.34. The molecule has 4 aromatic carbocycles. The van der Waals surface area contributed by atoms with E-state index in [1.54, 1.807) is 23.6 Å². The number of aryl methyl sites for hydroxylation is 1. The van der Waals surface area contributed by atoms with Crippen molar-refractivity contribution >= 4 is 85.9 Å². The van der Waals surface area contributed by atoms with E-state index in [0.29, 0.717) is 54.1 Å². The maximum atomic E-state index is 14.7. The summed E-state index contributed by atoms with van der Waals surface area (Å²) in [6, 6.07) is 16.0. The van der Waals surface area contributed by atoms with Gasteiger partial charge in [-0.2, -0.15) is 26.3 Å². The van der Waals surface area contributed by atoms with Crippen LogP contribution in [0.25, 0.3) is 22.1 Å². The van der Waals surface area contributed by atoms with E-state index in [9.17, 15) is 53.5 Å². The quantitative estimate of drug-likeness (QED) is 0.0559. The first-order valence-electron chi connectivity index (χ1n) is 28.6. The topological polar surface area (TPSA) is 193 Å². The van der Waals surface area contributed by atoms with Gasteiger partial charge in [-0.25, -0.2) is 52.0 Å². The Labute approximate surface area is 502 Å².